The fourth-order valence-corrected chi connectivity index (χ4v) is 1.99. The highest BCUT2D eigenvalue weighted by Gasteiger charge is 2.07. The van der Waals surface area contributed by atoms with Crippen LogP contribution in [0.5, 0.6) is 0 Å². The highest BCUT2D eigenvalue weighted by atomic mass is 32.2. The Morgan fingerprint density at radius 2 is 2.36 bits per heavy atom. The number of fused-ring (bicyclic) bond motifs is 1. The molecule has 0 aromatic carbocycles. The summed E-state index contributed by atoms with van der Waals surface area (Å²) in [6.07, 6.45) is 2.83. The summed E-state index contributed by atoms with van der Waals surface area (Å²) >= 11 is 1.68. The van der Waals surface area contributed by atoms with Crippen molar-refractivity contribution < 1.29 is 0 Å². The third kappa shape index (κ3) is 1.65. The van der Waals surface area contributed by atoms with Crippen LogP contribution in [-0.4, -0.2) is 25.9 Å². The maximum absolute atomic E-state index is 5.57. The second-order valence-electron chi connectivity index (χ2n) is 2.87. The zero-order valence-corrected chi connectivity index (χ0v) is 8.64. The van der Waals surface area contributed by atoms with E-state index in [1.165, 1.54) is 0 Å². The van der Waals surface area contributed by atoms with E-state index in [2.05, 4.69) is 27.1 Å². The number of rotatable bonds is 3. The van der Waals surface area contributed by atoms with Gasteiger partial charge in [0, 0.05) is 0 Å². The van der Waals surface area contributed by atoms with E-state index in [0.29, 0.717) is 11.6 Å². The summed E-state index contributed by atoms with van der Waals surface area (Å²) in [4.78, 5) is 8.22. The molecule has 0 spiro atoms. The summed E-state index contributed by atoms with van der Waals surface area (Å²) in [6.45, 7) is 2.13. The summed E-state index contributed by atoms with van der Waals surface area (Å²) in [5.41, 5.74) is 6.28. The SMILES string of the molecule is CCCSc1nc(N)nc2[nH]ncc12. The Balaban J connectivity index is 2.44. The zero-order chi connectivity index (χ0) is 9.97. The van der Waals surface area contributed by atoms with Crippen LogP contribution in [0.3, 0.4) is 0 Å². The third-order valence-electron chi connectivity index (χ3n) is 1.73. The first-order chi connectivity index (χ1) is 6.81. The van der Waals surface area contributed by atoms with Gasteiger partial charge in [-0.2, -0.15) is 10.1 Å². The van der Waals surface area contributed by atoms with Gasteiger partial charge in [0.25, 0.3) is 0 Å². The molecular weight excluding hydrogens is 198 g/mol. The Hall–Kier alpha value is -1.30. The first-order valence-electron chi connectivity index (χ1n) is 4.40. The van der Waals surface area contributed by atoms with Crippen molar-refractivity contribution in [2.45, 2.75) is 18.4 Å². The predicted octanol–water partition coefficient (Wildman–Crippen LogP) is 1.44. The number of hydrogen-bond donors (Lipinski definition) is 2. The number of H-pyrrole nitrogens is 1. The van der Waals surface area contributed by atoms with Crippen molar-refractivity contribution in [2.75, 3.05) is 11.5 Å². The van der Waals surface area contributed by atoms with E-state index in [1.54, 1.807) is 18.0 Å². The lowest BCUT2D eigenvalue weighted by Gasteiger charge is -2.00. The lowest BCUT2D eigenvalue weighted by molar-refractivity contribution is 1.07. The van der Waals surface area contributed by atoms with Crippen LogP contribution in [0.15, 0.2) is 11.2 Å². The second kappa shape index (κ2) is 3.83. The number of anilines is 1. The molecule has 2 heterocycles. The highest BCUT2D eigenvalue weighted by molar-refractivity contribution is 7.99. The van der Waals surface area contributed by atoms with Crippen LogP contribution >= 0.6 is 11.8 Å². The predicted molar refractivity (Wildman–Crippen MR) is 57.1 cm³/mol. The van der Waals surface area contributed by atoms with E-state index in [1.807, 2.05) is 0 Å². The number of nitrogen functional groups attached to an aromatic ring is 1. The van der Waals surface area contributed by atoms with Gasteiger partial charge in [-0.05, 0) is 12.2 Å². The molecule has 0 aliphatic rings. The minimum Gasteiger partial charge on any atom is -0.368 e. The number of nitrogens with zero attached hydrogens (tertiary/aromatic N) is 3. The van der Waals surface area contributed by atoms with E-state index in [4.69, 9.17) is 5.73 Å². The van der Waals surface area contributed by atoms with Crippen LogP contribution in [0.4, 0.5) is 5.95 Å². The number of aromatic amines is 1. The van der Waals surface area contributed by atoms with Gasteiger partial charge < -0.3 is 5.73 Å². The smallest absolute Gasteiger partial charge is 0.223 e. The first-order valence-corrected chi connectivity index (χ1v) is 5.39. The van der Waals surface area contributed by atoms with E-state index in [0.717, 1.165) is 22.6 Å². The topological polar surface area (TPSA) is 80.5 Å². The maximum atomic E-state index is 5.57. The first kappa shape index (κ1) is 9.26. The van der Waals surface area contributed by atoms with Crippen LogP contribution < -0.4 is 5.73 Å². The van der Waals surface area contributed by atoms with Crippen LogP contribution in [0.25, 0.3) is 11.0 Å². The monoisotopic (exact) mass is 209 g/mol. The number of nitrogens with two attached hydrogens (primary N) is 1. The van der Waals surface area contributed by atoms with Crippen LogP contribution in [0.2, 0.25) is 0 Å². The van der Waals surface area contributed by atoms with Crippen molar-refractivity contribution in [2.24, 2.45) is 0 Å². The summed E-state index contributed by atoms with van der Waals surface area (Å²) in [5.74, 6) is 1.32. The minimum atomic E-state index is 0.292. The molecule has 0 radical (unpaired) electrons. The summed E-state index contributed by atoms with van der Waals surface area (Å²) in [7, 11) is 0. The molecule has 74 valence electrons. The molecule has 14 heavy (non-hydrogen) atoms. The Morgan fingerprint density at radius 1 is 1.50 bits per heavy atom. The van der Waals surface area contributed by atoms with E-state index in [-0.39, 0.29) is 0 Å². The number of hydrogen-bond acceptors (Lipinski definition) is 5. The van der Waals surface area contributed by atoms with Gasteiger partial charge in [-0.1, -0.05) is 6.92 Å². The van der Waals surface area contributed by atoms with E-state index >= 15 is 0 Å². The standard InChI is InChI=1S/C8H11N5S/c1-2-3-14-7-5-4-10-13-6(5)11-8(9)12-7/h4H,2-3H2,1H3,(H3,9,10,11,12,13). The molecule has 0 amide bonds. The molecule has 5 nitrogen and oxygen atoms in total. The molecule has 0 saturated heterocycles. The molecule has 0 aliphatic heterocycles. The average Bonchev–Trinajstić information content (AvgIpc) is 2.61. The van der Waals surface area contributed by atoms with E-state index in [9.17, 15) is 0 Å². The molecule has 0 fully saturated rings. The average molecular weight is 209 g/mol. The number of aromatic nitrogens is 4. The molecule has 3 N–H and O–H groups in total. The van der Waals surface area contributed by atoms with Crippen molar-refractivity contribution in [1.82, 2.24) is 20.2 Å². The molecule has 0 aliphatic carbocycles. The molecule has 0 bridgehead atoms. The van der Waals surface area contributed by atoms with Crippen LogP contribution in [0, 0.1) is 0 Å². The summed E-state index contributed by atoms with van der Waals surface area (Å²) in [6, 6.07) is 0. The molecule has 0 saturated carbocycles. The van der Waals surface area contributed by atoms with Crippen molar-refractivity contribution in [3.8, 4) is 0 Å². The molecule has 2 aromatic rings. The van der Waals surface area contributed by atoms with Crippen molar-refractivity contribution in [1.29, 1.82) is 0 Å². The molecule has 2 rings (SSSR count). The third-order valence-corrected chi connectivity index (χ3v) is 2.93. The van der Waals surface area contributed by atoms with Crippen molar-refractivity contribution in [3.05, 3.63) is 6.20 Å². The molecule has 0 unspecified atom stereocenters. The normalized spacial score (nSPS) is 10.9. The molecule has 0 atom stereocenters. The molecule has 6 heteroatoms. The lowest BCUT2D eigenvalue weighted by Crippen LogP contribution is -1.96. The van der Waals surface area contributed by atoms with Gasteiger partial charge >= 0.3 is 0 Å². The van der Waals surface area contributed by atoms with Gasteiger partial charge in [0.15, 0.2) is 5.65 Å². The zero-order valence-electron chi connectivity index (χ0n) is 7.82. The Morgan fingerprint density at radius 3 is 3.14 bits per heavy atom. The van der Waals surface area contributed by atoms with Gasteiger partial charge in [0.05, 0.1) is 11.6 Å². The van der Waals surface area contributed by atoms with Gasteiger partial charge in [-0.3, -0.25) is 5.10 Å². The number of thioether (sulfide) groups is 1. The van der Waals surface area contributed by atoms with E-state index < -0.39 is 0 Å². The summed E-state index contributed by atoms with van der Waals surface area (Å²) in [5, 5.41) is 8.55. The van der Waals surface area contributed by atoms with Crippen LogP contribution in [0.1, 0.15) is 13.3 Å². The van der Waals surface area contributed by atoms with Crippen LogP contribution in [-0.2, 0) is 0 Å². The quantitative estimate of drug-likeness (QED) is 0.590. The largest absolute Gasteiger partial charge is 0.368 e. The van der Waals surface area contributed by atoms with Crippen molar-refractivity contribution in [3.63, 3.8) is 0 Å². The fourth-order valence-electron chi connectivity index (χ4n) is 1.13. The Kier molecular flexibility index (Phi) is 2.53. The molecule has 2 aromatic heterocycles. The highest BCUT2D eigenvalue weighted by Crippen LogP contribution is 2.24. The Labute approximate surface area is 85.5 Å². The van der Waals surface area contributed by atoms with Crippen molar-refractivity contribution >= 4 is 28.7 Å². The minimum absolute atomic E-state index is 0.292. The summed E-state index contributed by atoms with van der Waals surface area (Å²) < 4.78 is 0. The van der Waals surface area contributed by atoms with Gasteiger partial charge in [0.1, 0.15) is 5.03 Å². The molecular formula is C8H11N5S. The van der Waals surface area contributed by atoms with Gasteiger partial charge in [0.2, 0.25) is 5.95 Å². The second-order valence-corrected chi connectivity index (χ2v) is 3.95. The van der Waals surface area contributed by atoms with Gasteiger partial charge in [-0.15, -0.1) is 11.8 Å². The fraction of sp³-hybridized carbons (Fsp3) is 0.375. The van der Waals surface area contributed by atoms with Gasteiger partial charge in [-0.25, -0.2) is 4.98 Å². The Bertz CT molecular complexity index is 438. The number of nitrogens with one attached hydrogen (secondary N) is 1. The maximum Gasteiger partial charge on any atom is 0.223 e. The lowest BCUT2D eigenvalue weighted by atomic mass is 10.4.